The van der Waals surface area contributed by atoms with E-state index in [1.165, 1.54) is 15.9 Å². The first kappa shape index (κ1) is 13.0. The number of aromatic nitrogens is 2. The van der Waals surface area contributed by atoms with E-state index in [9.17, 15) is 14.4 Å². The maximum Gasteiger partial charge on any atom is 0.262 e. The molecular weight excluding hydrogens is 278 g/mol. The summed E-state index contributed by atoms with van der Waals surface area (Å²) in [4.78, 5) is 40.3. The molecular formula is C13H13N3O3S. The quantitative estimate of drug-likeness (QED) is 0.799. The number of hydrogen-bond acceptors (Lipinski definition) is 5. The number of rotatable bonds is 1. The summed E-state index contributed by atoms with van der Waals surface area (Å²) < 4.78 is 1.41. The molecule has 0 bridgehead atoms. The number of carbonyl (C=O) groups excluding carboxylic acids is 2. The molecule has 2 aromatic heterocycles. The van der Waals surface area contributed by atoms with Gasteiger partial charge in [-0.1, -0.05) is 0 Å². The number of thiophene rings is 1. The molecule has 3 rings (SSSR count). The molecule has 1 aliphatic heterocycles. The average molecular weight is 291 g/mol. The monoisotopic (exact) mass is 291 g/mol. The van der Waals surface area contributed by atoms with Gasteiger partial charge in [-0.25, -0.2) is 4.98 Å². The molecule has 104 valence electrons. The number of fused-ring (bicyclic) bond motifs is 1. The van der Waals surface area contributed by atoms with E-state index in [2.05, 4.69) is 10.3 Å². The van der Waals surface area contributed by atoms with E-state index >= 15 is 0 Å². The van der Waals surface area contributed by atoms with Gasteiger partial charge in [0.1, 0.15) is 11.9 Å². The fourth-order valence-electron chi connectivity index (χ4n) is 2.53. The fourth-order valence-corrected chi connectivity index (χ4v) is 3.26. The van der Waals surface area contributed by atoms with E-state index in [0.717, 1.165) is 0 Å². The van der Waals surface area contributed by atoms with Crippen LogP contribution >= 0.6 is 11.3 Å². The number of amides is 2. The minimum Gasteiger partial charge on any atom is -0.295 e. The second-order valence-electron chi connectivity index (χ2n) is 4.83. The molecule has 0 aromatic carbocycles. The van der Waals surface area contributed by atoms with Crippen LogP contribution in [0.25, 0.3) is 10.9 Å². The van der Waals surface area contributed by atoms with Crippen LogP contribution in [0.15, 0.2) is 15.6 Å². The molecule has 3 heterocycles. The van der Waals surface area contributed by atoms with Crippen LogP contribution < -0.4 is 10.9 Å². The van der Waals surface area contributed by atoms with Gasteiger partial charge in [0.25, 0.3) is 5.56 Å². The third-order valence-corrected chi connectivity index (χ3v) is 4.21. The van der Waals surface area contributed by atoms with Crippen LogP contribution in [0.3, 0.4) is 0 Å². The maximum atomic E-state index is 12.5. The summed E-state index contributed by atoms with van der Waals surface area (Å²) in [6.07, 6.45) is 1.36. The highest BCUT2D eigenvalue weighted by atomic mass is 32.1. The summed E-state index contributed by atoms with van der Waals surface area (Å²) in [7, 11) is 0. The Morgan fingerprint density at radius 2 is 2.15 bits per heavy atom. The van der Waals surface area contributed by atoms with Gasteiger partial charge in [0.2, 0.25) is 11.8 Å². The zero-order valence-corrected chi connectivity index (χ0v) is 11.7. The number of imide groups is 1. The molecule has 1 aliphatic rings. The Labute approximate surface area is 118 Å². The molecule has 2 amide bonds. The lowest BCUT2D eigenvalue weighted by Gasteiger charge is -2.18. The molecule has 0 aliphatic carbocycles. The molecule has 0 radical (unpaired) electrons. The smallest absolute Gasteiger partial charge is 0.262 e. The van der Waals surface area contributed by atoms with Crippen molar-refractivity contribution in [2.75, 3.05) is 0 Å². The zero-order valence-electron chi connectivity index (χ0n) is 10.9. The van der Waals surface area contributed by atoms with E-state index in [1.807, 2.05) is 5.38 Å². The lowest BCUT2D eigenvalue weighted by Crippen LogP contribution is -2.39. The Balaban J connectivity index is 2.15. The van der Waals surface area contributed by atoms with Crippen molar-refractivity contribution in [2.45, 2.75) is 32.2 Å². The highest BCUT2D eigenvalue weighted by molar-refractivity contribution is 7.09. The van der Waals surface area contributed by atoms with E-state index in [1.54, 1.807) is 12.3 Å². The van der Waals surface area contributed by atoms with Crippen molar-refractivity contribution in [3.05, 3.63) is 26.9 Å². The number of nitrogens with zero attached hydrogens (tertiary/aromatic N) is 2. The standard InChI is InChI=1S/C13H13N3O3S/c1-7-14-9-6-20-5-8(9)13(19)16(7)10-3-2-4-11(17)15-12(10)18/h5-6,10H,2-4H2,1H3,(H,15,17,18). The average Bonchev–Trinajstić information content (AvgIpc) is 2.78. The Bertz CT molecular complexity index is 762. The first-order chi connectivity index (χ1) is 9.58. The summed E-state index contributed by atoms with van der Waals surface area (Å²) >= 11 is 1.41. The highest BCUT2D eigenvalue weighted by Gasteiger charge is 2.28. The molecule has 7 heteroatoms. The van der Waals surface area contributed by atoms with Crippen LogP contribution in [0, 0.1) is 6.92 Å². The molecule has 0 saturated carbocycles. The number of aryl methyl sites for hydroxylation is 1. The summed E-state index contributed by atoms with van der Waals surface area (Å²) in [5.74, 6) is -0.211. The molecule has 1 saturated heterocycles. The predicted octanol–water partition coefficient (Wildman–Crippen LogP) is 1.13. The van der Waals surface area contributed by atoms with Crippen molar-refractivity contribution in [3.8, 4) is 0 Å². The van der Waals surface area contributed by atoms with Crippen molar-refractivity contribution in [2.24, 2.45) is 0 Å². The van der Waals surface area contributed by atoms with Crippen molar-refractivity contribution >= 4 is 34.1 Å². The van der Waals surface area contributed by atoms with E-state index in [-0.39, 0.29) is 11.5 Å². The molecule has 1 fully saturated rings. The largest absolute Gasteiger partial charge is 0.295 e. The first-order valence-corrected chi connectivity index (χ1v) is 7.31. The number of carbonyl (C=O) groups is 2. The van der Waals surface area contributed by atoms with Crippen LogP contribution in [-0.2, 0) is 9.59 Å². The summed E-state index contributed by atoms with van der Waals surface area (Å²) in [6.45, 7) is 1.71. The topological polar surface area (TPSA) is 81.1 Å². The minimum atomic E-state index is -0.661. The molecule has 1 unspecified atom stereocenters. The van der Waals surface area contributed by atoms with Gasteiger partial charge in [0.05, 0.1) is 10.9 Å². The molecule has 20 heavy (non-hydrogen) atoms. The van der Waals surface area contributed by atoms with Gasteiger partial charge >= 0.3 is 0 Å². The molecule has 1 atom stereocenters. The summed E-state index contributed by atoms with van der Waals surface area (Å²) in [5, 5.41) is 6.39. The molecule has 1 N–H and O–H groups in total. The zero-order chi connectivity index (χ0) is 14.3. The van der Waals surface area contributed by atoms with Crippen molar-refractivity contribution in [1.82, 2.24) is 14.9 Å². The molecule has 0 spiro atoms. The second-order valence-corrected chi connectivity index (χ2v) is 5.57. The van der Waals surface area contributed by atoms with Crippen LogP contribution in [-0.4, -0.2) is 21.4 Å². The fraction of sp³-hybridized carbons (Fsp3) is 0.385. The highest BCUT2D eigenvalue weighted by Crippen LogP contribution is 2.21. The first-order valence-electron chi connectivity index (χ1n) is 6.36. The van der Waals surface area contributed by atoms with Crippen molar-refractivity contribution in [3.63, 3.8) is 0 Å². The van der Waals surface area contributed by atoms with Crippen LogP contribution in [0.5, 0.6) is 0 Å². The lowest BCUT2D eigenvalue weighted by molar-refractivity contribution is -0.131. The second kappa shape index (κ2) is 4.82. The van der Waals surface area contributed by atoms with Gasteiger partial charge in [0.15, 0.2) is 0 Å². The van der Waals surface area contributed by atoms with E-state index in [0.29, 0.717) is 36.0 Å². The summed E-state index contributed by atoms with van der Waals surface area (Å²) in [5.41, 5.74) is 0.433. The SMILES string of the molecule is Cc1nc2cscc2c(=O)n1C1CCCC(=O)NC1=O. The Hall–Kier alpha value is -2.02. The third kappa shape index (κ3) is 2.03. The number of hydrogen-bond donors (Lipinski definition) is 1. The van der Waals surface area contributed by atoms with Gasteiger partial charge in [-0.3, -0.25) is 24.3 Å². The van der Waals surface area contributed by atoms with Gasteiger partial charge in [-0.05, 0) is 19.8 Å². The Morgan fingerprint density at radius 3 is 2.95 bits per heavy atom. The van der Waals surface area contributed by atoms with E-state index < -0.39 is 11.9 Å². The normalized spacial score (nSPS) is 19.9. The summed E-state index contributed by atoms with van der Waals surface area (Å²) in [6, 6.07) is -0.661. The van der Waals surface area contributed by atoms with Gasteiger partial charge in [-0.15, -0.1) is 11.3 Å². The van der Waals surface area contributed by atoms with Crippen molar-refractivity contribution in [1.29, 1.82) is 0 Å². The minimum absolute atomic E-state index is 0.219. The number of nitrogens with one attached hydrogen (secondary N) is 1. The predicted molar refractivity (Wildman–Crippen MR) is 74.7 cm³/mol. The molecule has 6 nitrogen and oxygen atoms in total. The maximum absolute atomic E-state index is 12.5. The van der Waals surface area contributed by atoms with Gasteiger partial charge in [-0.2, -0.15) is 0 Å². The van der Waals surface area contributed by atoms with Gasteiger partial charge in [0, 0.05) is 17.2 Å². The van der Waals surface area contributed by atoms with Crippen LogP contribution in [0.2, 0.25) is 0 Å². The van der Waals surface area contributed by atoms with Crippen molar-refractivity contribution < 1.29 is 9.59 Å². The van der Waals surface area contributed by atoms with Crippen LogP contribution in [0.1, 0.15) is 31.1 Å². The third-order valence-electron chi connectivity index (χ3n) is 3.48. The Kier molecular flexibility index (Phi) is 3.13. The van der Waals surface area contributed by atoms with E-state index in [4.69, 9.17) is 0 Å². The lowest BCUT2D eigenvalue weighted by atomic mass is 10.1. The van der Waals surface area contributed by atoms with Gasteiger partial charge < -0.3 is 0 Å². The van der Waals surface area contributed by atoms with Crippen LogP contribution in [0.4, 0.5) is 0 Å². The molecule has 2 aromatic rings. The Morgan fingerprint density at radius 1 is 1.35 bits per heavy atom.